The lowest BCUT2D eigenvalue weighted by Crippen LogP contribution is -2.60. The third-order valence-corrected chi connectivity index (χ3v) is 3.80. The predicted octanol–water partition coefficient (Wildman–Crippen LogP) is -0.463. The Morgan fingerprint density at radius 3 is 2.85 bits per heavy atom. The van der Waals surface area contributed by atoms with Gasteiger partial charge in [0.05, 0.1) is 5.54 Å². The predicted molar refractivity (Wildman–Crippen MR) is 76.2 cm³/mol. The lowest BCUT2D eigenvalue weighted by Gasteiger charge is -2.39. The van der Waals surface area contributed by atoms with Gasteiger partial charge in [-0.05, 0) is 20.3 Å². The molecule has 7 heteroatoms. The number of hydrogen-bond acceptors (Lipinski definition) is 5. The number of nitrogens with zero attached hydrogens (tertiary/aromatic N) is 3. The zero-order valence-corrected chi connectivity index (χ0v) is 12.3. The van der Waals surface area contributed by atoms with Gasteiger partial charge in [-0.3, -0.25) is 14.8 Å². The van der Waals surface area contributed by atoms with Gasteiger partial charge in [-0.15, -0.1) is 0 Å². The molecule has 0 atom stereocenters. The van der Waals surface area contributed by atoms with Gasteiger partial charge in [-0.2, -0.15) is 5.10 Å². The zero-order chi connectivity index (χ0) is 14.4. The van der Waals surface area contributed by atoms with E-state index in [2.05, 4.69) is 30.7 Å². The van der Waals surface area contributed by atoms with Gasteiger partial charge in [-0.1, -0.05) is 0 Å². The first kappa shape index (κ1) is 14.9. The van der Waals surface area contributed by atoms with Crippen molar-refractivity contribution in [2.75, 3.05) is 32.7 Å². The van der Waals surface area contributed by atoms with E-state index in [4.69, 9.17) is 0 Å². The van der Waals surface area contributed by atoms with Gasteiger partial charge < -0.3 is 10.6 Å². The highest BCUT2D eigenvalue weighted by Crippen LogP contribution is 2.15. The lowest BCUT2D eigenvalue weighted by atomic mass is 10.0. The highest BCUT2D eigenvalue weighted by Gasteiger charge is 2.34. The third-order valence-electron chi connectivity index (χ3n) is 3.80. The molecule has 1 saturated heterocycles. The summed E-state index contributed by atoms with van der Waals surface area (Å²) < 4.78 is 0. The minimum Gasteiger partial charge on any atom is -0.354 e. The minimum atomic E-state index is -0.450. The topological polar surface area (TPSA) is 85.9 Å². The first-order valence-corrected chi connectivity index (χ1v) is 7.19. The van der Waals surface area contributed by atoms with Crippen molar-refractivity contribution in [3.05, 3.63) is 12.2 Å². The molecule has 3 N–H and O–H groups in total. The zero-order valence-electron chi connectivity index (χ0n) is 12.3. The van der Waals surface area contributed by atoms with Crippen molar-refractivity contribution >= 4 is 5.91 Å². The van der Waals surface area contributed by atoms with Gasteiger partial charge in [0, 0.05) is 39.1 Å². The fourth-order valence-electron chi connectivity index (χ4n) is 2.39. The van der Waals surface area contributed by atoms with Crippen molar-refractivity contribution in [2.24, 2.45) is 0 Å². The molecule has 0 spiro atoms. The SMILES string of the molecule is CC(C)(C(=O)NCCCc1ncn[nH]1)N1CCNCC1. The Labute approximate surface area is 119 Å². The molecule has 1 amide bonds. The number of amides is 1. The second-order valence-corrected chi connectivity index (χ2v) is 5.59. The standard InChI is InChI=1S/C13H24N6O/c1-13(2,19-8-6-14-7-9-19)12(20)15-5-3-4-11-16-10-17-18-11/h10,14H,3-9H2,1-2H3,(H,15,20)(H,16,17,18). The van der Waals surface area contributed by atoms with E-state index in [9.17, 15) is 4.79 Å². The Bertz CT molecular complexity index is 411. The quantitative estimate of drug-likeness (QED) is 0.614. The van der Waals surface area contributed by atoms with Crippen LogP contribution in [0.4, 0.5) is 0 Å². The molecule has 0 aliphatic carbocycles. The maximum Gasteiger partial charge on any atom is 0.239 e. The molecule has 7 nitrogen and oxygen atoms in total. The van der Waals surface area contributed by atoms with Crippen molar-refractivity contribution in [1.82, 2.24) is 30.7 Å². The molecular weight excluding hydrogens is 256 g/mol. The van der Waals surface area contributed by atoms with Crippen molar-refractivity contribution in [3.8, 4) is 0 Å². The molecule has 0 saturated carbocycles. The smallest absolute Gasteiger partial charge is 0.239 e. The van der Waals surface area contributed by atoms with Crippen molar-refractivity contribution < 1.29 is 4.79 Å². The number of aromatic amines is 1. The fraction of sp³-hybridized carbons (Fsp3) is 0.769. The van der Waals surface area contributed by atoms with E-state index < -0.39 is 5.54 Å². The molecular formula is C13H24N6O. The molecule has 1 aliphatic heterocycles. The van der Waals surface area contributed by atoms with E-state index >= 15 is 0 Å². The van der Waals surface area contributed by atoms with Crippen LogP contribution in [0, 0.1) is 0 Å². The summed E-state index contributed by atoms with van der Waals surface area (Å²) in [5.74, 6) is 0.956. The van der Waals surface area contributed by atoms with Crippen molar-refractivity contribution in [2.45, 2.75) is 32.2 Å². The number of aromatic nitrogens is 3. The Morgan fingerprint density at radius 2 is 2.20 bits per heavy atom. The third kappa shape index (κ3) is 3.77. The van der Waals surface area contributed by atoms with Crippen LogP contribution in [0.2, 0.25) is 0 Å². The summed E-state index contributed by atoms with van der Waals surface area (Å²) in [6.45, 7) is 8.37. The second-order valence-electron chi connectivity index (χ2n) is 5.59. The molecule has 0 radical (unpaired) electrons. The van der Waals surface area contributed by atoms with E-state index in [0.29, 0.717) is 6.54 Å². The minimum absolute atomic E-state index is 0.0944. The summed E-state index contributed by atoms with van der Waals surface area (Å²) in [5, 5.41) is 12.9. The fourth-order valence-corrected chi connectivity index (χ4v) is 2.39. The number of piperazine rings is 1. The van der Waals surface area contributed by atoms with E-state index in [1.807, 2.05) is 13.8 Å². The Kier molecular flexibility index (Phi) is 5.08. The summed E-state index contributed by atoms with van der Waals surface area (Å²) >= 11 is 0. The van der Waals surface area contributed by atoms with Crippen molar-refractivity contribution in [1.29, 1.82) is 0 Å². The van der Waals surface area contributed by atoms with Crippen LogP contribution >= 0.6 is 0 Å². The average molecular weight is 280 g/mol. The number of carbonyl (C=O) groups is 1. The monoisotopic (exact) mass is 280 g/mol. The number of nitrogens with one attached hydrogen (secondary N) is 3. The number of rotatable bonds is 6. The van der Waals surface area contributed by atoms with Crippen LogP contribution < -0.4 is 10.6 Å². The maximum absolute atomic E-state index is 12.3. The molecule has 2 rings (SSSR count). The number of carbonyl (C=O) groups excluding carboxylic acids is 1. The molecule has 0 unspecified atom stereocenters. The van der Waals surface area contributed by atoms with Gasteiger partial charge in [0.1, 0.15) is 12.2 Å². The normalized spacial score (nSPS) is 17.1. The number of aryl methyl sites for hydroxylation is 1. The van der Waals surface area contributed by atoms with Gasteiger partial charge in [0.25, 0.3) is 0 Å². The van der Waals surface area contributed by atoms with Gasteiger partial charge in [0.2, 0.25) is 5.91 Å². The van der Waals surface area contributed by atoms with Crippen LogP contribution in [-0.2, 0) is 11.2 Å². The van der Waals surface area contributed by atoms with Crippen LogP contribution in [0.3, 0.4) is 0 Å². The summed E-state index contributed by atoms with van der Waals surface area (Å²) in [6, 6.07) is 0. The summed E-state index contributed by atoms with van der Waals surface area (Å²) in [5.41, 5.74) is -0.450. The highest BCUT2D eigenvalue weighted by atomic mass is 16.2. The number of hydrogen-bond donors (Lipinski definition) is 3. The van der Waals surface area contributed by atoms with Crippen LogP contribution in [0.5, 0.6) is 0 Å². The van der Waals surface area contributed by atoms with E-state index in [1.165, 1.54) is 6.33 Å². The van der Waals surface area contributed by atoms with E-state index in [1.54, 1.807) is 0 Å². The molecule has 112 valence electrons. The average Bonchev–Trinajstić information content (AvgIpc) is 2.97. The van der Waals surface area contributed by atoms with E-state index in [0.717, 1.165) is 44.8 Å². The Hall–Kier alpha value is -1.47. The van der Waals surface area contributed by atoms with Crippen LogP contribution in [0.1, 0.15) is 26.1 Å². The van der Waals surface area contributed by atoms with Crippen LogP contribution in [0.15, 0.2) is 6.33 Å². The van der Waals surface area contributed by atoms with Gasteiger partial charge in [-0.25, -0.2) is 4.98 Å². The molecule has 20 heavy (non-hydrogen) atoms. The van der Waals surface area contributed by atoms with Gasteiger partial charge >= 0.3 is 0 Å². The molecule has 1 aromatic rings. The molecule has 2 heterocycles. The first-order valence-electron chi connectivity index (χ1n) is 7.19. The largest absolute Gasteiger partial charge is 0.354 e. The Balaban J connectivity index is 1.72. The number of H-pyrrole nitrogens is 1. The molecule has 1 aromatic heterocycles. The Morgan fingerprint density at radius 1 is 1.45 bits per heavy atom. The first-order chi connectivity index (χ1) is 9.60. The summed E-state index contributed by atoms with van der Waals surface area (Å²) in [7, 11) is 0. The van der Waals surface area contributed by atoms with Crippen molar-refractivity contribution in [3.63, 3.8) is 0 Å². The molecule has 1 fully saturated rings. The summed E-state index contributed by atoms with van der Waals surface area (Å²) in [4.78, 5) is 18.6. The lowest BCUT2D eigenvalue weighted by molar-refractivity contribution is -0.132. The second kappa shape index (κ2) is 6.81. The van der Waals surface area contributed by atoms with Crippen LogP contribution in [0.25, 0.3) is 0 Å². The highest BCUT2D eigenvalue weighted by molar-refractivity contribution is 5.85. The molecule has 1 aliphatic rings. The van der Waals surface area contributed by atoms with Gasteiger partial charge in [0.15, 0.2) is 0 Å². The summed E-state index contributed by atoms with van der Waals surface area (Å²) in [6.07, 6.45) is 3.16. The van der Waals surface area contributed by atoms with Crippen LogP contribution in [-0.4, -0.2) is 64.3 Å². The molecule has 0 aromatic carbocycles. The molecule has 0 bridgehead atoms. The maximum atomic E-state index is 12.3. The van der Waals surface area contributed by atoms with E-state index in [-0.39, 0.29) is 5.91 Å².